The summed E-state index contributed by atoms with van der Waals surface area (Å²) < 4.78 is 69.1. The largest absolute Gasteiger partial charge is 0.435 e. The number of anilines is 1. The number of halogens is 5. The third-order valence-corrected chi connectivity index (χ3v) is 4.26. The molecule has 0 saturated carbocycles. The van der Waals surface area contributed by atoms with Crippen LogP contribution in [0, 0.1) is 11.6 Å². The zero-order valence-corrected chi connectivity index (χ0v) is 14.0. The number of carbonyl (C=O) groups excluding carboxylic acids is 1. The van der Waals surface area contributed by atoms with E-state index < -0.39 is 35.0 Å². The summed E-state index contributed by atoms with van der Waals surface area (Å²) in [6, 6.07) is 4.54. The predicted octanol–water partition coefficient (Wildman–Crippen LogP) is 4.00. The highest BCUT2D eigenvalue weighted by atomic mass is 19.4. The Morgan fingerprint density at radius 2 is 1.93 bits per heavy atom. The Morgan fingerprint density at radius 3 is 2.64 bits per heavy atom. The lowest BCUT2D eigenvalue weighted by Gasteiger charge is -2.09. The number of aromatic amines is 1. The Bertz CT molecular complexity index is 1240. The number of nitrogens with one attached hydrogen (secondary N) is 2. The second kappa shape index (κ2) is 6.01. The van der Waals surface area contributed by atoms with E-state index >= 15 is 0 Å². The van der Waals surface area contributed by atoms with Gasteiger partial charge in [0, 0.05) is 24.2 Å². The maximum Gasteiger partial charge on any atom is 0.435 e. The Balaban J connectivity index is 1.74. The molecule has 0 bridgehead atoms. The van der Waals surface area contributed by atoms with Crippen LogP contribution in [0.15, 0.2) is 30.5 Å². The van der Waals surface area contributed by atoms with Crippen LogP contribution in [0.25, 0.3) is 21.8 Å². The van der Waals surface area contributed by atoms with Gasteiger partial charge in [-0.3, -0.25) is 14.6 Å². The fourth-order valence-corrected chi connectivity index (χ4v) is 2.93. The highest BCUT2D eigenvalue weighted by molar-refractivity contribution is 6.07. The molecular weight excluding hydrogens is 385 g/mol. The summed E-state index contributed by atoms with van der Waals surface area (Å²) in [5.74, 6) is -3.37. The molecule has 0 radical (unpaired) electrons. The van der Waals surface area contributed by atoms with Gasteiger partial charge in [-0.1, -0.05) is 0 Å². The van der Waals surface area contributed by atoms with Gasteiger partial charge in [0.2, 0.25) is 0 Å². The number of fused-ring (bicyclic) bond motifs is 2. The van der Waals surface area contributed by atoms with Crippen LogP contribution in [0.2, 0.25) is 0 Å². The Kier molecular flexibility index (Phi) is 3.84. The van der Waals surface area contributed by atoms with E-state index in [1.807, 2.05) is 0 Å². The third kappa shape index (κ3) is 2.75. The van der Waals surface area contributed by atoms with Gasteiger partial charge in [-0.25, -0.2) is 8.78 Å². The number of rotatable bonds is 2. The van der Waals surface area contributed by atoms with E-state index in [4.69, 9.17) is 0 Å². The monoisotopic (exact) mass is 395 g/mol. The summed E-state index contributed by atoms with van der Waals surface area (Å²) in [6.07, 6.45) is -3.56. The van der Waals surface area contributed by atoms with E-state index in [2.05, 4.69) is 20.6 Å². The van der Waals surface area contributed by atoms with Gasteiger partial charge < -0.3 is 5.32 Å². The molecule has 0 spiro atoms. The first-order chi connectivity index (χ1) is 13.2. The number of aromatic nitrogens is 4. The van der Waals surface area contributed by atoms with E-state index in [0.717, 1.165) is 18.3 Å². The molecule has 0 aliphatic heterocycles. The van der Waals surface area contributed by atoms with Gasteiger partial charge in [-0.05, 0) is 18.2 Å². The highest BCUT2D eigenvalue weighted by Gasteiger charge is 2.36. The molecule has 11 heteroatoms. The van der Waals surface area contributed by atoms with Crippen molar-refractivity contribution in [1.82, 2.24) is 20.0 Å². The number of hydrogen-bond acceptors (Lipinski definition) is 3. The number of hydrogen-bond donors (Lipinski definition) is 2. The van der Waals surface area contributed by atoms with Crippen LogP contribution in [0.3, 0.4) is 0 Å². The van der Waals surface area contributed by atoms with Crippen molar-refractivity contribution in [2.24, 2.45) is 7.05 Å². The highest BCUT2D eigenvalue weighted by Crippen LogP contribution is 2.34. The van der Waals surface area contributed by atoms with Crippen LogP contribution in [0.5, 0.6) is 0 Å². The quantitative estimate of drug-likeness (QED) is 0.504. The van der Waals surface area contributed by atoms with Gasteiger partial charge >= 0.3 is 6.18 Å². The lowest BCUT2D eigenvalue weighted by atomic mass is 10.1. The van der Waals surface area contributed by atoms with Crippen LogP contribution in [-0.4, -0.2) is 25.9 Å². The van der Waals surface area contributed by atoms with Gasteiger partial charge in [-0.2, -0.15) is 23.4 Å². The van der Waals surface area contributed by atoms with Gasteiger partial charge in [0.1, 0.15) is 17.2 Å². The second-order valence-corrected chi connectivity index (χ2v) is 6.03. The lowest BCUT2D eigenvalue weighted by Crippen LogP contribution is -2.16. The van der Waals surface area contributed by atoms with Crippen LogP contribution < -0.4 is 5.32 Å². The predicted molar refractivity (Wildman–Crippen MR) is 89.7 cm³/mol. The SMILES string of the molecule is Cn1ncc2c(F)c(C(=O)Nc3ccc4[nH]nc(C(F)(F)F)c4c3)c(F)cc21. The molecule has 28 heavy (non-hydrogen) atoms. The standard InChI is InChI=1S/C17H10F5N5O/c1-27-12-5-10(18)13(14(19)9(12)6-23-27)16(28)24-7-2-3-11-8(4-7)15(26-25-11)17(20,21)22/h2-6H,1H3,(H,24,28)(H,25,26). The Hall–Kier alpha value is -3.50. The Morgan fingerprint density at radius 1 is 1.18 bits per heavy atom. The smallest absolute Gasteiger partial charge is 0.322 e. The first kappa shape index (κ1) is 17.9. The Labute approximate surface area is 152 Å². The first-order valence-electron chi connectivity index (χ1n) is 7.83. The van der Waals surface area contributed by atoms with Crippen molar-refractivity contribution < 1.29 is 26.7 Å². The van der Waals surface area contributed by atoms with Crippen LogP contribution in [-0.2, 0) is 13.2 Å². The number of alkyl halides is 3. The minimum Gasteiger partial charge on any atom is -0.322 e. The molecule has 0 unspecified atom stereocenters. The van der Waals surface area contributed by atoms with Crippen molar-refractivity contribution in [2.45, 2.75) is 6.18 Å². The normalized spacial score (nSPS) is 12.1. The number of H-pyrrole nitrogens is 1. The summed E-state index contributed by atoms with van der Waals surface area (Å²) in [7, 11) is 1.49. The van der Waals surface area contributed by atoms with Crippen molar-refractivity contribution >= 4 is 33.4 Å². The van der Waals surface area contributed by atoms with Gasteiger partial charge in [0.15, 0.2) is 5.69 Å². The molecule has 0 fully saturated rings. The van der Waals surface area contributed by atoms with Crippen LogP contribution in [0.1, 0.15) is 16.1 Å². The van der Waals surface area contributed by atoms with Crippen LogP contribution in [0.4, 0.5) is 27.6 Å². The van der Waals surface area contributed by atoms with Crippen molar-refractivity contribution in [3.05, 3.63) is 53.4 Å². The maximum absolute atomic E-state index is 14.6. The van der Waals surface area contributed by atoms with E-state index in [0.29, 0.717) is 0 Å². The molecule has 0 aliphatic carbocycles. The summed E-state index contributed by atoms with van der Waals surface area (Å²) in [5.41, 5.74) is -1.84. The number of carbonyl (C=O) groups is 1. The van der Waals surface area contributed by atoms with Crippen molar-refractivity contribution in [3.63, 3.8) is 0 Å². The fourth-order valence-electron chi connectivity index (χ4n) is 2.93. The van der Waals surface area contributed by atoms with Gasteiger partial charge in [0.05, 0.1) is 22.6 Å². The van der Waals surface area contributed by atoms with Gasteiger partial charge in [-0.15, -0.1) is 0 Å². The summed E-state index contributed by atoms with van der Waals surface area (Å²) >= 11 is 0. The van der Waals surface area contributed by atoms with Crippen LogP contribution >= 0.6 is 0 Å². The summed E-state index contributed by atoms with van der Waals surface area (Å²) in [5, 5.41) is 11.1. The molecule has 4 aromatic rings. The molecule has 0 aliphatic rings. The average molecular weight is 395 g/mol. The molecule has 2 aromatic carbocycles. The van der Waals surface area contributed by atoms with Gasteiger partial charge in [0.25, 0.3) is 5.91 Å². The van der Waals surface area contributed by atoms with Crippen molar-refractivity contribution in [1.29, 1.82) is 0 Å². The lowest BCUT2D eigenvalue weighted by molar-refractivity contribution is -0.139. The molecule has 2 heterocycles. The molecule has 144 valence electrons. The topological polar surface area (TPSA) is 75.6 Å². The molecule has 2 aromatic heterocycles. The number of benzene rings is 2. The van der Waals surface area contributed by atoms with E-state index in [1.54, 1.807) is 0 Å². The van der Waals surface area contributed by atoms with E-state index in [1.165, 1.54) is 23.9 Å². The minimum atomic E-state index is -4.70. The van der Waals surface area contributed by atoms with Crippen molar-refractivity contribution in [2.75, 3.05) is 5.32 Å². The molecule has 2 N–H and O–H groups in total. The number of aryl methyl sites for hydroxylation is 1. The van der Waals surface area contributed by atoms with E-state index in [-0.39, 0.29) is 27.5 Å². The third-order valence-electron chi connectivity index (χ3n) is 4.26. The molecule has 1 amide bonds. The molecule has 6 nitrogen and oxygen atoms in total. The second-order valence-electron chi connectivity index (χ2n) is 6.03. The zero-order valence-electron chi connectivity index (χ0n) is 14.0. The summed E-state index contributed by atoms with van der Waals surface area (Å²) in [4.78, 5) is 12.4. The first-order valence-corrected chi connectivity index (χ1v) is 7.83. The summed E-state index contributed by atoms with van der Waals surface area (Å²) in [6.45, 7) is 0. The van der Waals surface area contributed by atoms with Crippen molar-refractivity contribution in [3.8, 4) is 0 Å². The molecule has 0 atom stereocenters. The molecule has 0 saturated heterocycles. The molecular formula is C17H10F5N5O. The zero-order chi connectivity index (χ0) is 20.2. The fraction of sp³-hybridized carbons (Fsp3) is 0.118. The number of nitrogens with zero attached hydrogens (tertiary/aromatic N) is 3. The average Bonchev–Trinajstić information content (AvgIpc) is 3.18. The maximum atomic E-state index is 14.6. The number of amides is 1. The molecule has 4 rings (SSSR count). The van der Waals surface area contributed by atoms with E-state index in [9.17, 15) is 26.7 Å². The minimum absolute atomic E-state index is 0.0568.